The van der Waals surface area contributed by atoms with Crippen molar-refractivity contribution in [2.24, 2.45) is 4.99 Å². The van der Waals surface area contributed by atoms with Gasteiger partial charge in [-0.05, 0) is 25.5 Å². The van der Waals surface area contributed by atoms with Crippen molar-refractivity contribution in [2.75, 3.05) is 13.6 Å². The maximum absolute atomic E-state index is 5.95. The lowest BCUT2D eigenvalue weighted by molar-refractivity contribution is 0.290. The van der Waals surface area contributed by atoms with Gasteiger partial charge in [0.05, 0.1) is 23.8 Å². The predicted octanol–water partition coefficient (Wildman–Crippen LogP) is 4.02. The van der Waals surface area contributed by atoms with Crippen LogP contribution in [-0.2, 0) is 19.7 Å². The molecule has 0 saturated heterocycles. The summed E-state index contributed by atoms with van der Waals surface area (Å²) in [6.45, 7) is 6.56. The second-order valence-electron chi connectivity index (χ2n) is 6.63. The number of ether oxygens (including phenoxy) is 1. The highest BCUT2D eigenvalue weighted by atomic mass is 32.1. The summed E-state index contributed by atoms with van der Waals surface area (Å²) >= 11 is 1.66. The first-order valence-electron chi connectivity index (χ1n) is 9.66. The van der Waals surface area contributed by atoms with Crippen LogP contribution in [0.4, 0.5) is 0 Å². The number of benzene rings is 1. The maximum Gasteiger partial charge on any atom is 0.218 e. The molecule has 0 unspecified atom stereocenters. The zero-order valence-electron chi connectivity index (χ0n) is 17.1. The molecule has 1 N–H and O–H groups in total. The van der Waals surface area contributed by atoms with Crippen molar-refractivity contribution in [1.29, 1.82) is 0 Å². The summed E-state index contributed by atoms with van der Waals surface area (Å²) in [5.74, 6) is 1.45. The van der Waals surface area contributed by atoms with Gasteiger partial charge in [-0.25, -0.2) is 15.0 Å². The van der Waals surface area contributed by atoms with E-state index in [1.807, 2.05) is 56.4 Å². The number of nitrogens with zero attached hydrogens (tertiary/aromatic N) is 4. The molecule has 0 saturated carbocycles. The SMILES string of the molecule is CCNC(=NCc1cccnc1OCc1ccccc1)N(C)Cc1csc(C)n1. The highest BCUT2D eigenvalue weighted by Crippen LogP contribution is 2.17. The van der Waals surface area contributed by atoms with E-state index >= 15 is 0 Å². The number of hydrogen-bond donors (Lipinski definition) is 1. The fourth-order valence-corrected chi connectivity index (χ4v) is 3.43. The van der Waals surface area contributed by atoms with Crippen LogP contribution in [0.1, 0.15) is 28.8 Å². The highest BCUT2D eigenvalue weighted by Gasteiger charge is 2.10. The van der Waals surface area contributed by atoms with Crippen LogP contribution < -0.4 is 10.1 Å². The summed E-state index contributed by atoms with van der Waals surface area (Å²) in [4.78, 5) is 15.8. The number of pyridine rings is 1. The molecule has 3 rings (SSSR count). The van der Waals surface area contributed by atoms with E-state index in [1.54, 1.807) is 17.5 Å². The van der Waals surface area contributed by atoms with Crippen molar-refractivity contribution < 1.29 is 4.74 Å². The molecule has 152 valence electrons. The van der Waals surface area contributed by atoms with Gasteiger partial charge in [-0.15, -0.1) is 11.3 Å². The monoisotopic (exact) mass is 409 g/mol. The standard InChI is InChI=1S/C22H27N5OS/c1-4-23-22(27(3)14-20-16-29-17(2)26-20)25-13-19-11-8-12-24-21(19)28-15-18-9-6-5-7-10-18/h5-12,16H,4,13-15H2,1-3H3,(H,23,25). The van der Waals surface area contributed by atoms with E-state index in [-0.39, 0.29) is 0 Å². The Morgan fingerprint density at radius 2 is 2.03 bits per heavy atom. The van der Waals surface area contributed by atoms with E-state index in [2.05, 4.69) is 32.5 Å². The zero-order chi connectivity index (χ0) is 20.5. The molecule has 1 aromatic carbocycles. The van der Waals surface area contributed by atoms with Gasteiger partial charge in [0.2, 0.25) is 5.88 Å². The first-order chi connectivity index (χ1) is 14.2. The van der Waals surface area contributed by atoms with Crippen LogP contribution in [0.3, 0.4) is 0 Å². The molecule has 0 bridgehead atoms. The lowest BCUT2D eigenvalue weighted by Crippen LogP contribution is -2.38. The summed E-state index contributed by atoms with van der Waals surface area (Å²) in [7, 11) is 2.02. The average Bonchev–Trinajstić information content (AvgIpc) is 3.15. The number of rotatable bonds is 8. The number of nitrogens with one attached hydrogen (secondary N) is 1. The molecule has 0 spiro atoms. The number of aryl methyl sites for hydroxylation is 1. The van der Waals surface area contributed by atoms with Crippen molar-refractivity contribution >= 4 is 17.3 Å². The van der Waals surface area contributed by atoms with Crippen molar-refractivity contribution in [3.63, 3.8) is 0 Å². The molecule has 7 heteroatoms. The molecule has 0 aliphatic heterocycles. The van der Waals surface area contributed by atoms with Crippen molar-refractivity contribution in [3.05, 3.63) is 75.9 Å². The molecule has 0 atom stereocenters. The van der Waals surface area contributed by atoms with E-state index in [9.17, 15) is 0 Å². The summed E-state index contributed by atoms with van der Waals surface area (Å²) in [6.07, 6.45) is 1.75. The highest BCUT2D eigenvalue weighted by molar-refractivity contribution is 7.09. The number of aliphatic imine (C=N–C) groups is 1. The van der Waals surface area contributed by atoms with Gasteiger partial charge in [0.25, 0.3) is 0 Å². The molecule has 3 aromatic rings. The Kier molecular flexibility index (Phi) is 7.58. The van der Waals surface area contributed by atoms with E-state index < -0.39 is 0 Å². The first kappa shape index (κ1) is 20.8. The molecule has 0 radical (unpaired) electrons. The molecule has 0 fully saturated rings. The third-order valence-corrected chi connectivity index (χ3v) is 5.05. The minimum Gasteiger partial charge on any atom is -0.473 e. The fraction of sp³-hybridized carbons (Fsp3) is 0.318. The number of guanidine groups is 1. The number of aromatic nitrogens is 2. The summed E-state index contributed by atoms with van der Waals surface area (Å²) in [5.41, 5.74) is 3.12. The lowest BCUT2D eigenvalue weighted by Gasteiger charge is -2.21. The Bertz CT molecular complexity index is 926. The van der Waals surface area contributed by atoms with Gasteiger partial charge in [0, 0.05) is 30.7 Å². The largest absolute Gasteiger partial charge is 0.473 e. The first-order valence-corrected chi connectivity index (χ1v) is 10.5. The third-order valence-electron chi connectivity index (χ3n) is 4.23. The Morgan fingerprint density at radius 1 is 1.21 bits per heavy atom. The van der Waals surface area contributed by atoms with Gasteiger partial charge in [0.15, 0.2) is 5.96 Å². The molecule has 0 aliphatic rings. The second kappa shape index (κ2) is 10.6. The Morgan fingerprint density at radius 3 is 2.76 bits per heavy atom. The molecule has 2 aromatic heterocycles. The van der Waals surface area contributed by atoms with Gasteiger partial charge in [-0.1, -0.05) is 36.4 Å². The molecule has 2 heterocycles. The quantitative estimate of drug-likeness (QED) is 0.450. The Hall–Kier alpha value is -2.93. The number of thiazole rings is 1. The lowest BCUT2D eigenvalue weighted by atomic mass is 10.2. The molecule has 0 aliphatic carbocycles. The second-order valence-corrected chi connectivity index (χ2v) is 7.69. The van der Waals surface area contributed by atoms with Gasteiger partial charge in [-0.2, -0.15) is 0 Å². The predicted molar refractivity (Wildman–Crippen MR) is 118 cm³/mol. The minimum atomic E-state index is 0.484. The normalized spacial score (nSPS) is 11.3. The molecular formula is C22H27N5OS. The Labute approximate surface area is 176 Å². The number of hydrogen-bond acceptors (Lipinski definition) is 5. The van der Waals surface area contributed by atoms with Crippen LogP contribution >= 0.6 is 11.3 Å². The summed E-state index contributed by atoms with van der Waals surface area (Å²) in [5, 5.41) is 6.51. The maximum atomic E-state index is 5.95. The van der Waals surface area contributed by atoms with Crippen LogP contribution in [0, 0.1) is 6.92 Å². The third kappa shape index (κ3) is 6.29. The van der Waals surface area contributed by atoms with Crippen molar-refractivity contribution in [1.82, 2.24) is 20.2 Å². The smallest absolute Gasteiger partial charge is 0.218 e. The average molecular weight is 410 g/mol. The van der Waals surface area contributed by atoms with E-state index in [1.165, 1.54) is 0 Å². The van der Waals surface area contributed by atoms with Crippen LogP contribution in [0.25, 0.3) is 0 Å². The summed E-state index contributed by atoms with van der Waals surface area (Å²) in [6, 6.07) is 14.0. The van der Waals surface area contributed by atoms with Gasteiger partial charge in [-0.3, -0.25) is 0 Å². The molecule has 29 heavy (non-hydrogen) atoms. The van der Waals surface area contributed by atoms with Gasteiger partial charge >= 0.3 is 0 Å². The fourth-order valence-electron chi connectivity index (χ4n) is 2.83. The van der Waals surface area contributed by atoms with Crippen molar-refractivity contribution in [3.8, 4) is 5.88 Å². The minimum absolute atomic E-state index is 0.484. The molecular weight excluding hydrogens is 382 g/mol. The van der Waals surface area contributed by atoms with Crippen molar-refractivity contribution in [2.45, 2.75) is 33.5 Å². The molecule has 0 amide bonds. The Balaban J connectivity index is 1.68. The van der Waals surface area contributed by atoms with Crippen LogP contribution in [-0.4, -0.2) is 34.4 Å². The summed E-state index contributed by atoms with van der Waals surface area (Å²) < 4.78 is 5.95. The van der Waals surface area contributed by atoms with E-state index in [0.29, 0.717) is 25.6 Å². The van der Waals surface area contributed by atoms with E-state index in [0.717, 1.165) is 34.3 Å². The zero-order valence-corrected chi connectivity index (χ0v) is 17.9. The topological polar surface area (TPSA) is 62.6 Å². The van der Waals surface area contributed by atoms with Crippen LogP contribution in [0.5, 0.6) is 5.88 Å². The van der Waals surface area contributed by atoms with Crippen LogP contribution in [0.2, 0.25) is 0 Å². The van der Waals surface area contributed by atoms with Gasteiger partial charge in [0.1, 0.15) is 6.61 Å². The molecule has 6 nitrogen and oxygen atoms in total. The van der Waals surface area contributed by atoms with E-state index in [4.69, 9.17) is 9.73 Å². The van der Waals surface area contributed by atoms with Crippen LogP contribution in [0.15, 0.2) is 59.0 Å². The van der Waals surface area contributed by atoms with Gasteiger partial charge < -0.3 is 15.0 Å².